The minimum Gasteiger partial charge on any atom is -0.309 e. The molecule has 0 radical (unpaired) electrons. The summed E-state index contributed by atoms with van der Waals surface area (Å²) in [5.41, 5.74) is 18.6. The van der Waals surface area contributed by atoms with E-state index >= 15 is 0 Å². The van der Waals surface area contributed by atoms with Gasteiger partial charge in [-0.05, 0) is 110 Å². The standard InChI is InChI=1S/C65H42N2S/c1-4-19-43(20-5-1)49-28-18-29-50(44-21-6-2-7-22-44)64(49)66(48-38-40-53-52-27-10-13-34-59(52)67(60(53)42-48)46-25-8-3-9-26-46)47-37-39-51-54-30-16-23-45-24-17-33-57(63(45)54)65(58(51)41-47)55-31-11-14-35-61(55)68-62-36-15-12-32-56(62)65/h1-42H. The van der Waals surface area contributed by atoms with Crippen molar-refractivity contribution in [1.29, 1.82) is 0 Å². The lowest BCUT2D eigenvalue weighted by molar-refractivity contribution is 0.707. The van der Waals surface area contributed by atoms with Gasteiger partial charge in [0.2, 0.25) is 0 Å². The predicted octanol–water partition coefficient (Wildman–Crippen LogP) is 17.6. The Morgan fingerprint density at radius 1 is 0.353 bits per heavy atom. The maximum absolute atomic E-state index is 2.56. The normalized spacial score (nSPS) is 13.1. The molecule has 2 heterocycles. The van der Waals surface area contributed by atoms with E-state index in [1.54, 1.807) is 0 Å². The molecule has 2 aliphatic rings. The van der Waals surface area contributed by atoms with Crippen LogP contribution in [0.1, 0.15) is 22.3 Å². The van der Waals surface area contributed by atoms with Crippen molar-refractivity contribution in [1.82, 2.24) is 4.57 Å². The molecule has 0 saturated heterocycles. The van der Waals surface area contributed by atoms with Gasteiger partial charge in [-0.1, -0.05) is 212 Å². The molecule has 0 amide bonds. The highest BCUT2D eigenvalue weighted by Crippen LogP contribution is 2.62. The summed E-state index contributed by atoms with van der Waals surface area (Å²) >= 11 is 1.89. The summed E-state index contributed by atoms with van der Waals surface area (Å²) in [6, 6.07) is 94.7. The van der Waals surface area contributed by atoms with Gasteiger partial charge in [-0.3, -0.25) is 0 Å². The van der Waals surface area contributed by atoms with E-state index < -0.39 is 5.41 Å². The van der Waals surface area contributed by atoms with Crippen LogP contribution in [0.25, 0.3) is 71.6 Å². The summed E-state index contributed by atoms with van der Waals surface area (Å²) in [5, 5.41) is 5.03. The minimum absolute atomic E-state index is 0.603. The molecular weight excluding hydrogens is 841 g/mol. The van der Waals surface area contributed by atoms with Crippen molar-refractivity contribution >= 4 is 61.4 Å². The van der Waals surface area contributed by atoms with Gasteiger partial charge >= 0.3 is 0 Å². The first-order chi connectivity index (χ1) is 33.8. The van der Waals surface area contributed by atoms with E-state index in [1.165, 1.54) is 70.2 Å². The SMILES string of the molecule is c1ccc(-c2cccc(-c3ccccc3)c2N(c2ccc3c(c2)C2(c4ccccc4Sc4ccccc42)c2cccc4cccc-3c24)c2ccc3c4ccccc4n(-c4ccccc4)c3c2)cc1. The van der Waals surface area contributed by atoms with Crippen molar-refractivity contribution in [3.8, 4) is 39.1 Å². The van der Waals surface area contributed by atoms with Crippen LogP contribution < -0.4 is 4.90 Å². The van der Waals surface area contributed by atoms with Crippen LogP contribution in [0, 0.1) is 0 Å². The predicted molar refractivity (Wildman–Crippen MR) is 285 cm³/mol. The van der Waals surface area contributed by atoms with Gasteiger partial charge in [-0.15, -0.1) is 0 Å². The fourth-order valence-electron chi connectivity index (χ4n) is 11.7. The molecule has 0 fully saturated rings. The number of aromatic nitrogens is 1. The quantitative estimate of drug-likeness (QED) is 0.164. The van der Waals surface area contributed by atoms with Crippen LogP contribution in [0.2, 0.25) is 0 Å². The average molecular weight is 883 g/mol. The highest BCUT2D eigenvalue weighted by molar-refractivity contribution is 7.99. The number of rotatable bonds is 6. The molecule has 11 aromatic carbocycles. The fraction of sp³-hybridized carbons (Fsp3) is 0.0154. The van der Waals surface area contributed by atoms with Gasteiger partial charge in [-0.25, -0.2) is 0 Å². The van der Waals surface area contributed by atoms with Crippen LogP contribution in [0.15, 0.2) is 265 Å². The van der Waals surface area contributed by atoms with Crippen LogP contribution in [-0.2, 0) is 5.41 Å². The molecule has 0 saturated carbocycles. The summed E-state index contributed by atoms with van der Waals surface area (Å²) in [5.74, 6) is 0. The number of para-hydroxylation sites is 3. The zero-order chi connectivity index (χ0) is 44.8. The molecule has 1 aliphatic heterocycles. The Morgan fingerprint density at radius 2 is 0.882 bits per heavy atom. The Kier molecular flexibility index (Phi) is 8.77. The summed E-state index contributed by atoms with van der Waals surface area (Å²) in [6.07, 6.45) is 0. The Labute approximate surface area is 400 Å². The van der Waals surface area contributed by atoms with Crippen LogP contribution >= 0.6 is 11.8 Å². The number of hydrogen-bond acceptors (Lipinski definition) is 2. The lowest BCUT2D eigenvalue weighted by atomic mass is 9.59. The van der Waals surface area contributed by atoms with Gasteiger partial charge in [0.05, 0.1) is 22.1 Å². The molecule has 0 N–H and O–H groups in total. The van der Waals surface area contributed by atoms with Crippen LogP contribution in [0.4, 0.5) is 17.1 Å². The average Bonchev–Trinajstić information content (AvgIpc) is 3.74. The van der Waals surface area contributed by atoms with E-state index in [1.807, 2.05) is 11.8 Å². The molecule has 0 atom stereocenters. The van der Waals surface area contributed by atoms with Crippen molar-refractivity contribution in [3.05, 3.63) is 277 Å². The number of hydrogen-bond donors (Lipinski definition) is 0. The zero-order valence-corrected chi connectivity index (χ0v) is 37.9. The molecule has 14 rings (SSSR count). The number of benzene rings is 11. The van der Waals surface area contributed by atoms with E-state index in [0.717, 1.165) is 50.5 Å². The Bertz CT molecular complexity index is 3840. The molecular formula is C65H42N2S. The first-order valence-electron chi connectivity index (χ1n) is 23.4. The number of anilines is 3. The lowest BCUT2D eigenvalue weighted by Crippen LogP contribution is -2.36. The third kappa shape index (κ3) is 5.66. The molecule has 1 aromatic heterocycles. The molecule has 0 bridgehead atoms. The largest absolute Gasteiger partial charge is 0.309 e. The molecule has 318 valence electrons. The Balaban J connectivity index is 1.13. The van der Waals surface area contributed by atoms with Crippen molar-refractivity contribution in [3.63, 3.8) is 0 Å². The van der Waals surface area contributed by atoms with Crippen LogP contribution in [0.3, 0.4) is 0 Å². The van der Waals surface area contributed by atoms with E-state index in [-0.39, 0.29) is 0 Å². The highest BCUT2D eigenvalue weighted by Gasteiger charge is 2.49. The van der Waals surface area contributed by atoms with E-state index in [0.29, 0.717) is 0 Å². The first-order valence-corrected chi connectivity index (χ1v) is 24.2. The summed E-state index contributed by atoms with van der Waals surface area (Å²) < 4.78 is 2.43. The van der Waals surface area contributed by atoms with Gasteiger partial charge in [0.15, 0.2) is 0 Å². The van der Waals surface area contributed by atoms with E-state index in [9.17, 15) is 0 Å². The van der Waals surface area contributed by atoms with Gasteiger partial charge in [0, 0.05) is 48.8 Å². The van der Waals surface area contributed by atoms with Crippen LogP contribution in [-0.4, -0.2) is 4.57 Å². The Morgan fingerprint density at radius 3 is 1.59 bits per heavy atom. The topological polar surface area (TPSA) is 8.17 Å². The van der Waals surface area contributed by atoms with Crippen molar-refractivity contribution < 1.29 is 0 Å². The fourth-order valence-corrected chi connectivity index (χ4v) is 12.9. The van der Waals surface area contributed by atoms with Crippen molar-refractivity contribution in [2.75, 3.05) is 4.90 Å². The van der Waals surface area contributed by atoms with Gasteiger partial charge < -0.3 is 9.47 Å². The summed E-state index contributed by atoms with van der Waals surface area (Å²) in [7, 11) is 0. The third-order valence-electron chi connectivity index (χ3n) is 14.4. The third-order valence-corrected chi connectivity index (χ3v) is 15.6. The maximum atomic E-state index is 2.56. The molecule has 0 unspecified atom stereocenters. The zero-order valence-electron chi connectivity index (χ0n) is 37.1. The van der Waals surface area contributed by atoms with Crippen molar-refractivity contribution in [2.24, 2.45) is 0 Å². The number of fused-ring (bicyclic) bond motifs is 11. The first kappa shape index (κ1) is 38.9. The van der Waals surface area contributed by atoms with Gasteiger partial charge in [-0.2, -0.15) is 0 Å². The lowest BCUT2D eigenvalue weighted by Gasteiger charge is -2.46. The monoisotopic (exact) mass is 882 g/mol. The van der Waals surface area contributed by atoms with Gasteiger partial charge in [0.25, 0.3) is 0 Å². The second-order valence-corrected chi connectivity index (χ2v) is 19.0. The molecule has 1 spiro atoms. The maximum Gasteiger partial charge on any atom is 0.0736 e. The molecule has 2 nitrogen and oxygen atoms in total. The van der Waals surface area contributed by atoms with E-state index in [4.69, 9.17) is 0 Å². The minimum atomic E-state index is -0.603. The second-order valence-electron chi connectivity index (χ2n) is 17.9. The van der Waals surface area contributed by atoms with Crippen LogP contribution in [0.5, 0.6) is 0 Å². The highest BCUT2D eigenvalue weighted by atomic mass is 32.2. The molecule has 68 heavy (non-hydrogen) atoms. The molecule has 1 aliphatic carbocycles. The smallest absolute Gasteiger partial charge is 0.0736 e. The summed E-state index contributed by atoms with van der Waals surface area (Å²) in [6.45, 7) is 0. The van der Waals surface area contributed by atoms with Gasteiger partial charge in [0.1, 0.15) is 0 Å². The number of nitrogens with zero attached hydrogens (tertiary/aromatic N) is 2. The molecule has 3 heteroatoms. The van der Waals surface area contributed by atoms with Crippen molar-refractivity contribution in [2.45, 2.75) is 15.2 Å². The van der Waals surface area contributed by atoms with E-state index in [2.05, 4.69) is 264 Å². The molecule has 12 aromatic rings. The Hall–Kier alpha value is -8.37. The second kappa shape index (κ2) is 15.4. The summed E-state index contributed by atoms with van der Waals surface area (Å²) in [4.78, 5) is 5.13.